The summed E-state index contributed by atoms with van der Waals surface area (Å²) in [5.41, 5.74) is 8.07. The normalized spacial score (nSPS) is 25.6. The second-order valence-electron chi connectivity index (χ2n) is 6.52. The van der Waals surface area contributed by atoms with E-state index in [1.165, 1.54) is 5.56 Å². The number of nitrogens with two attached hydrogens (primary N) is 1. The average Bonchev–Trinajstić information content (AvgIpc) is 2.54. The van der Waals surface area contributed by atoms with Crippen LogP contribution in [0.15, 0.2) is 24.3 Å². The molecule has 1 saturated carbocycles. The third-order valence-corrected chi connectivity index (χ3v) is 4.99. The van der Waals surface area contributed by atoms with Gasteiger partial charge in [0.1, 0.15) is 0 Å². The first-order chi connectivity index (χ1) is 10.1. The standard InChI is InChI=1S/C18H28N2O/c1-3-15-4-6-16(7-5-15)12-20-17(21)18(13-19)10-8-14(2)9-11-18/h4-7,14H,3,8-13,19H2,1-2H3,(H,20,21). The number of benzene rings is 1. The highest BCUT2D eigenvalue weighted by Crippen LogP contribution is 2.38. The molecule has 0 unspecified atom stereocenters. The van der Waals surface area contributed by atoms with Gasteiger partial charge in [0.05, 0.1) is 5.41 Å². The molecule has 3 nitrogen and oxygen atoms in total. The van der Waals surface area contributed by atoms with Gasteiger partial charge in [0.2, 0.25) is 5.91 Å². The van der Waals surface area contributed by atoms with Crippen LogP contribution < -0.4 is 11.1 Å². The highest BCUT2D eigenvalue weighted by Gasteiger charge is 2.39. The maximum atomic E-state index is 12.6. The molecule has 2 rings (SSSR count). The van der Waals surface area contributed by atoms with Crippen molar-refractivity contribution in [3.63, 3.8) is 0 Å². The molecule has 0 aliphatic heterocycles. The number of hydrogen-bond donors (Lipinski definition) is 2. The number of aryl methyl sites for hydroxylation is 1. The number of hydrogen-bond acceptors (Lipinski definition) is 2. The van der Waals surface area contributed by atoms with Gasteiger partial charge < -0.3 is 11.1 Å². The Hall–Kier alpha value is -1.35. The van der Waals surface area contributed by atoms with Crippen LogP contribution in [0.1, 0.15) is 50.7 Å². The molecule has 1 amide bonds. The molecule has 116 valence electrons. The lowest BCUT2D eigenvalue weighted by Gasteiger charge is -2.37. The monoisotopic (exact) mass is 288 g/mol. The van der Waals surface area contributed by atoms with Gasteiger partial charge in [0, 0.05) is 13.1 Å². The third-order valence-electron chi connectivity index (χ3n) is 4.99. The molecule has 0 bridgehead atoms. The van der Waals surface area contributed by atoms with Crippen LogP contribution in [0, 0.1) is 11.3 Å². The molecule has 0 saturated heterocycles. The maximum absolute atomic E-state index is 12.6. The minimum atomic E-state index is -0.337. The Morgan fingerprint density at radius 2 is 1.81 bits per heavy atom. The van der Waals surface area contributed by atoms with Crippen molar-refractivity contribution in [3.05, 3.63) is 35.4 Å². The lowest BCUT2D eigenvalue weighted by Crippen LogP contribution is -2.47. The van der Waals surface area contributed by atoms with Crippen molar-refractivity contribution in [1.82, 2.24) is 5.32 Å². The maximum Gasteiger partial charge on any atom is 0.227 e. The first kappa shape index (κ1) is 16.0. The van der Waals surface area contributed by atoms with Crippen LogP contribution >= 0.6 is 0 Å². The van der Waals surface area contributed by atoms with E-state index in [0.29, 0.717) is 13.1 Å². The lowest BCUT2D eigenvalue weighted by atomic mass is 9.70. The van der Waals surface area contributed by atoms with Gasteiger partial charge in [0.25, 0.3) is 0 Å². The van der Waals surface area contributed by atoms with Crippen molar-refractivity contribution in [1.29, 1.82) is 0 Å². The minimum Gasteiger partial charge on any atom is -0.352 e. The van der Waals surface area contributed by atoms with Gasteiger partial charge in [-0.1, -0.05) is 38.1 Å². The van der Waals surface area contributed by atoms with Gasteiger partial charge in [0.15, 0.2) is 0 Å². The molecular weight excluding hydrogens is 260 g/mol. The fourth-order valence-electron chi connectivity index (χ4n) is 3.10. The van der Waals surface area contributed by atoms with Crippen molar-refractivity contribution >= 4 is 5.91 Å². The Morgan fingerprint density at radius 1 is 1.24 bits per heavy atom. The van der Waals surface area contributed by atoms with Crippen molar-refractivity contribution in [2.75, 3.05) is 6.54 Å². The summed E-state index contributed by atoms with van der Waals surface area (Å²) in [4.78, 5) is 12.6. The summed E-state index contributed by atoms with van der Waals surface area (Å²) in [7, 11) is 0. The smallest absolute Gasteiger partial charge is 0.227 e. The van der Waals surface area contributed by atoms with Crippen molar-refractivity contribution in [2.45, 2.75) is 52.5 Å². The second-order valence-corrected chi connectivity index (χ2v) is 6.52. The lowest BCUT2D eigenvalue weighted by molar-refractivity contribution is -0.133. The van der Waals surface area contributed by atoms with E-state index >= 15 is 0 Å². The molecule has 0 spiro atoms. The van der Waals surface area contributed by atoms with Crippen LogP contribution in [0.25, 0.3) is 0 Å². The van der Waals surface area contributed by atoms with E-state index in [1.54, 1.807) is 0 Å². The van der Waals surface area contributed by atoms with Gasteiger partial charge in [-0.3, -0.25) is 4.79 Å². The number of amides is 1. The van der Waals surface area contributed by atoms with Gasteiger partial charge in [-0.15, -0.1) is 0 Å². The zero-order chi connectivity index (χ0) is 15.3. The van der Waals surface area contributed by atoms with E-state index < -0.39 is 0 Å². The van der Waals surface area contributed by atoms with Gasteiger partial charge in [-0.2, -0.15) is 0 Å². The van der Waals surface area contributed by atoms with Crippen LogP contribution in [0.2, 0.25) is 0 Å². The zero-order valence-corrected chi connectivity index (χ0v) is 13.3. The number of rotatable bonds is 5. The predicted molar refractivity (Wildman–Crippen MR) is 86.8 cm³/mol. The molecule has 1 aromatic rings. The Kier molecular flexibility index (Phi) is 5.40. The van der Waals surface area contributed by atoms with Crippen LogP contribution in [0.3, 0.4) is 0 Å². The van der Waals surface area contributed by atoms with E-state index in [-0.39, 0.29) is 11.3 Å². The van der Waals surface area contributed by atoms with Gasteiger partial charge in [-0.25, -0.2) is 0 Å². The first-order valence-electron chi connectivity index (χ1n) is 8.16. The topological polar surface area (TPSA) is 55.1 Å². The Balaban J connectivity index is 1.93. The van der Waals surface area contributed by atoms with Crippen LogP contribution in [0.5, 0.6) is 0 Å². The molecular formula is C18H28N2O. The molecule has 1 fully saturated rings. The highest BCUT2D eigenvalue weighted by molar-refractivity contribution is 5.83. The molecule has 1 aliphatic rings. The molecule has 1 aromatic carbocycles. The quantitative estimate of drug-likeness (QED) is 0.875. The summed E-state index contributed by atoms with van der Waals surface area (Å²) in [5.74, 6) is 0.857. The molecule has 0 radical (unpaired) electrons. The predicted octanol–water partition coefficient (Wildman–Crippen LogP) is 3.02. The third kappa shape index (κ3) is 3.85. The number of carbonyl (C=O) groups is 1. The average molecular weight is 288 g/mol. The largest absolute Gasteiger partial charge is 0.352 e. The fraction of sp³-hybridized carbons (Fsp3) is 0.611. The Bertz CT molecular complexity index is 459. The molecule has 0 aromatic heterocycles. The van der Waals surface area contributed by atoms with Crippen molar-refractivity contribution in [3.8, 4) is 0 Å². The Labute approximate surface area is 128 Å². The molecule has 1 aliphatic carbocycles. The van der Waals surface area contributed by atoms with Crippen molar-refractivity contribution < 1.29 is 4.79 Å². The summed E-state index contributed by atoms with van der Waals surface area (Å²) < 4.78 is 0. The van der Waals surface area contributed by atoms with Crippen molar-refractivity contribution in [2.24, 2.45) is 17.1 Å². The van der Waals surface area contributed by atoms with Gasteiger partial charge >= 0.3 is 0 Å². The summed E-state index contributed by atoms with van der Waals surface area (Å²) in [5, 5.41) is 3.09. The second kappa shape index (κ2) is 7.08. The zero-order valence-electron chi connectivity index (χ0n) is 13.3. The van der Waals surface area contributed by atoms with E-state index in [9.17, 15) is 4.79 Å². The molecule has 0 heterocycles. The minimum absolute atomic E-state index is 0.136. The number of nitrogens with one attached hydrogen (secondary N) is 1. The summed E-state index contributed by atoms with van der Waals surface area (Å²) in [6, 6.07) is 8.44. The van der Waals surface area contributed by atoms with E-state index in [1.807, 2.05) is 0 Å². The molecule has 21 heavy (non-hydrogen) atoms. The molecule has 3 heteroatoms. The van der Waals surface area contributed by atoms with Crippen LogP contribution in [-0.4, -0.2) is 12.5 Å². The fourth-order valence-corrected chi connectivity index (χ4v) is 3.10. The van der Waals surface area contributed by atoms with Crippen LogP contribution in [0.4, 0.5) is 0 Å². The summed E-state index contributed by atoms with van der Waals surface area (Å²) >= 11 is 0. The molecule has 3 N–H and O–H groups in total. The van der Waals surface area contributed by atoms with E-state index in [4.69, 9.17) is 5.73 Å². The highest BCUT2D eigenvalue weighted by atomic mass is 16.2. The number of carbonyl (C=O) groups excluding carboxylic acids is 1. The summed E-state index contributed by atoms with van der Waals surface area (Å²) in [6.45, 7) is 5.46. The Morgan fingerprint density at radius 3 is 2.33 bits per heavy atom. The van der Waals surface area contributed by atoms with E-state index in [0.717, 1.165) is 43.6 Å². The first-order valence-corrected chi connectivity index (χ1v) is 8.16. The summed E-state index contributed by atoms with van der Waals surface area (Å²) in [6.07, 6.45) is 5.10. The van der Waals surface area contributed by atoms with E-state index in [2.05, 4.69) is 43.4 Å². The van der Waals surface area contributed by atoms with Crippen LogP contribution in [-0.2, 0) is 17.8 Å². The SMILES string of the molecule is CCc1ccc(CNC(=O)C2(CN)CCC(C)CC2)cc1. The van der Waals surface area contributed by atoms with Gasteiger partial charge in [-0.05, 0) is 49.1 Å². The molecule has 0 atom stereocenters.